The second-order valence-corrected chi connectivity index (χ2v) is 8.96. The number of nitrogens with zero attached hydrogens (tertiary/aromatic N) is 2. The lowest BCUT2D eigenvalue weighted by atomic mass is 10.1. The summed E-state index contributed by atoms with van der Waals surface area (Å²) < 4.78 is 24.8. The number of aromatic nitrogens is 1. The molecule has 11 heteroatoms. The smallest absolute Gasteiger partial charge is 0.324 e. The van der Waals surface area contributed by atoms with Crippen molar-refractivity contribution in [2.45, 2.75) is 13.3 Å². The van der Waals surface area contributed by atoms with Gasteiger partial charge in [-0.2, -0.15) is 0 Å². The molecule has 8 nitrogen and oxygen atoms in total. The fourth-order valence-corrected chi connectivity index (χ4v) is 4.43. The summed E-state index contributed by atoms with van der Waals surface area (Å²) >= 11 is 1.86. The van der Waals surface area contributed by atoms with E-state index in [9.17, 15) is 19.3 Å². The van der Waals surface area contributed by atoms with E-state index < -0.39 is 16.6 Å². The van der Waals surface area contributed by atoms with E-state index in [1.807, 2.05) is 31.2 Å². The Labute approximate surface area is 201 Å². The molecule has 4 aromatic rings. The molecule has 34 heavy (non-hydrogen) atoms. The summed E-state index contributed by atoms with van der Waals surface area (Å²) in [5.74, 6) is 0.211. The fourth-order valence-electron chi connectivity index (χ4n) is 2.86. The number of rotatable bonds is 9. The molecule has 0 aliphatic rings. The first kappa shape index (κ1) is 23.3. The maximum Gasteiger partial charge on any atom is 0.324 e. The van der Waals surface area contributed by atoms with Crippen LogP contribution in [0.25, 0.3) is 11.3 Å². The van der Waals surface area contributed by atoms with Crippen LogP contribution in [0.5, 0.6) is 16.6 Å². The molecule has 0 aliphatic carbocycles. The Bertz CT molecular complexity index is 1300. The fraction of sp³-hybridized carbons (Fsp3) is 0.130. The molecule has 2 heterocycles. The largest absolute Gasteiger partial charge is 0.494 e. The van der Waals surface area contributed by atoms with Crippen molar-refractivity contribution in [3.8, 4) is 27.8 Å². The van der Waals surface area contributed by atoms with Crippen molar-refractivity contribution in [3.63, 3.8) is 0 Å². The average Bonchev–Trinajstić information content (AvgIpc) is 3.47. The van der Waals surface area contributed by atoms with Gasteiger partial charge in [0, 0.05) is 11.6 Å². The molecule has 4 rings (SSSR count). The number of thiazole rings is 1. The molecular formula is C23H18FN3O5S2. The molecular weight excluding hydrogens is 481 g/mol. The standard InChI is InChI=1S/C23H18FN3O5S2/c1-2-13-31-16-7-3-14(4-8-16)20-22(32-17-9-5-15(24)6-10-17)34-23(25-20)26-21(28)18-11-12-19(33-18)27(29)30/h3-12H,2,13H2,1H3,(H,25,26,28). The Balaban J connectivity index is 1.62. The van der Waals surface area contributed by atoms with Crippen LogP contribution in [0, 0.1) is 15.9 Å². The van der Waals surface area contributed by atoms with Crippen molar-refractivity contribution in [2.24, 2.45) is 0 Å². The van der Waals surface area contributed by atoms with Crippen molar-refractivity contribution in [1.29, 1.82) is 0 Å². The molecule has 0 fully saturated rings. The summed E-state index contributed by atoms with van der Waals surface area (Å²) in [5.41, 5.74) is 1.20. The average molecular weight is 500 g/mol. The van der Waals surface area contributed by atoms with E-state index in [1.54, 1.807) is 0 Å². The molecule has 0 spiro atoms. The number of hydrogen-bond donors (Lipinski definition) is 1. The summed E-state index contributed by atoms with van der Waals surface area (Å²) in [7, 11) is 0. The summed E-state index contributed by atoms with van der Waals surface area (Å²) in [6, 6.07) is 15.5. The number of anilines is 1. The first-order valence-corrected chi connectivity index (χ1v) is 11.8. The van der Waals surface area contributed by atoms with E-state index >= 15 is 0 Å². The van der Waals surface area contributed by atoms with Crippen LogP contribution in [0.15, 0.2) is 60.7 Å². The number of hydrogen-bond acceptors (Lipinski definition) is 8. The first-order chi connectivity index (χ1) is 16.4. The molecule has 1 N–H and O–H groups in total. The molecule has 0 radical (unpaired) electrons. The van der Waals surface area contributed by atoms with Gasteiger partial charge in [-0.1, -0.05) is 29.6 Å². The van der Waals surface area contributed by atoms with Gasteiger partial charge in [-0.3, -0.25) is 20.2 Å². The summed E-state index contributed by atoms with van der Waals surface area (Å²) in [4.78, 5) is 27.6. The van der Waals surface area contributed by atoms with Gasteiger partial charge in [0.05, 0.1) is 16.4 Å². The van der Waals surface area contributed by atoms with Gasteiger partial charge in [0.25, 0.3) is 5.91 Å². The predicted molar refractivity (Wildman–Crippen MR) is 129 cm³/mol. The first-order valence-electron chi connectivity index (χ1n) is 10.2. The van der Waals surface area contributed by atoms with Crippen molar-refractivity contribution in [1.82, 2.24) is 4.98 Å². The molecule has 0 saturated heterocycles. The molecule has 0 atom stereocenters. The second kappa shape index (κ2) is 10.4. The Hall–Kier alpha value is -3.83. The minimum absolute atomic E-state index is 0.129. The quantitative estimate of drug-likeness (QED) is 0.202. The van der Waals surface area contributed by atoms with E-state index in [0.29, 0.717) is 23.1 Å². The lowest BCUT2D eigenvalue weighted by Gasteiger charge is -2.07. The van der Waals surface area contributed by atoms with Gasteiger partial charge in [-0.05, 0) is 61.0 Å². The van der Waals surface area contributed by atoms with Crippen LogP contribution in [-0.2, 0) is 0 Å². The molecule has 2 aromatic heterocycles. The number of carbonyl (C=O) groups excluding carboxylic acids is 1. The molecule has 1 amide bonds. The Kier molecular flexibility index (Phi) is 7.14. The predicted octanol–water partition coefficient (Wildman–Crippen LogP) is 6.75. The number of carbonyl (C=O) groups is 1. The van der Waals surface area contributed by atoms with Gasteiger partial charge >= 0.3 is 5.00 Å². The molecule has 0 bridgehead atoms. The van der Waals surface area contributed by atoms with Crippen molar-refractivity contribution >= 4 is 38.7 Å². The number of ether oxygens (including phenoxy) is 2. The monoisotopic (exact) mass is 499 g/mol. The zero-order chi connectivity index (χ0) is 24.1. The van der Waals surface area contributed by atoms with Gasteiger partial charge in [0.1, 0.15) is 23.0 Å². The maximum atomic E-state index is 13.3. The Morgan fingerprint density at radius 2 is 1.76 bits per heavy atom. The Morgan fingerprint density at radius 1 is 1.06 bits per heavy atom. The lowest BCUT2D eigenvalue weighted by Crippen LogP contribution is -2.09. The third-order valence-corrected chi connectivity index (χ3v) is 6.32. The normalized spacial score (nSPS) is 10.6. The molecule has 0 unspecified atom stereocenters. The van der Waals surface area contributed by atoms with Crippen molar-refractivity contribution in [2.75, 3.05) is 11.9 Å². The topological polar surface area (TPSA) is 104 Å². The van der Waals surface area contributed by atoms with Gasteiger partial charge in [0.15, 0.2) is 5.13 Å². The number of amides is 1. The van der Waals surface area contributed by atoms with E-state index in [2.05, 4.69) is 10.3 Å². The summed E-state index contributed by atoms with van der Waals surface area (Å²) in [6.07, 6.45) is 0.889. The number of nitro groups is 1. The van der Waals surface area contributed by atoms with Crippen LogP contribution >= 0.6 is 22.7 Å². The van der Waals surface area contributed by atoms with Crippen molar-refractivity contribution < 1.29 is 23.6 Å². The highest BCUT2D eigenvalue weighted by Crippen LogP contribution is 2.41. The zero-order valence-corrected chi connectivity index (χ0v) is 19.5. The van der Waals surface area contributed by atoms with Crippen molar-refractivity contribution in [3.05, 3.63) is 81.5 Å². The van der Waals surface area contributed by atoms with Gasteiger partial charge in [0.2, 0.25) is 5.06 Å². The number of nitrogens with one attached hydrogen (secondary N) is 1. The lowest BCUT2D eigenvalue weighted by molar-refractivity contribution is -0.380. The van der Waals surface area contributed by atoms with Crippen LogP contribution in [-0.4, -0.2) is 22.4 Å². The van der Waals surface area contributed by atoms with Crippen LogP contribution in [0.4, 0.5) is 14.5 Å². The van der Waals surface area contributed by atoms with Crippen LogP contribution in [0.1, 0.15) is 23.0 Å². The van der Waals surface area contributed by atoms with Gasteiger partial charge < -0.3 is 9.47 Å². The highest BCUT2D eigenvalue weighted by molar-refractivity contribution is 7.19. The molecule has 0 aliphatic heterocycles. The highest BCUT2D eigenvalue weighted by Gasteiger charge is 2.20. The number of benzene rings is 2. The van der Waals surface area contributed by atoms with Crippen LogP contribution in [0.3, 0.4) is 0 Å². The van der Waals surface area contributed by atoms with Gasteiger partial charge in [-0.15, -0.1) is 0 Å². The molecule has 174 valence electrons. The summed E-state index contributed by atoms with van der Waals surface area (Å²) in [6.45, 7) is 2.62. The van der Waals surface area contributed by atoms with E-state index in [1.165, 1.54) is 36.4 Å². The summed E-state index contributed by atoms with van der Waals surface area (Å²) in [5, 5.41) is 14.1. The van der Waals surface area contributed by atoms with Gasteiger partial charge in [-0.25, -0.2) is 9.37 Å². The zero-order valence-electron chi connectivity index (χ0n) is 17.8. The highest BCUT2D eigenvalue weighted by atomic mass is 32.1. The maximum absolute atomic E-state index is 13.3. The number of halogens is 1. The SMILES string of the molecule is CCCOc1ccc(-c2nc(NC(=O)c3ccc([N+](=O)[O-])s3)sc2Oc2ccc(F)cc2)cc1. The van der Waals surface area contributed by atoms with Crippen LogP contribution < -0.4 is 14.8 Å². The third kappa shape index (κ3) is 5.56. The molecule has 0 saturated carbocycles. The second-order valence-electron chi connectivity index (χ2n) is 6.93. The van der Waals surface area contributed by atoms with E-state index in [4.69, 9.17) is 9.47 Å². The van der Waals surface area contributed by atoms with Crippen LogP contribution in [0.2, 0.25) is 0 Å². The molecule has 2 aromatic carbocycles. The number of thiophene rings is 1. The minimum atomic E-state index is -0.550. The third-order valence-electron chi connectivity index (χ3n) is 4.44. The Morgan fingerprint density at radius 3 is 2.41 bits per heavy atom. The van der Waals surface area contributed by atoms with E-state index in [0.717, 1.165) is 40.4 Å². The van der Waals surface area contributed by atoms with E-state index in [-0.39, 0.29) is 15.0 Å². The minimum Gasteiger partial charge on any atom is -0.494 e.